The van der Waals surface area contributed by atoms with Gasteiger partial charge in [0, 0.05) is 38.3 Å². The molecule has 1 atom stereocenters. The molecule has 0 bridgehead atoms. The van der Waals surface area contributed by atoms with E-state index in [1.807, 2.05) is 6.20 Å². The molecule has 1 aromatic rings. The zero-order valence-corrected chi connectivity index (χ0v) is 15.3. The van der Waals surface area contributed by atoms with Crippen LogP contribution in [0.15, 0.2) is 6.20 Å². The molecule has 3 aliphatic rings. The highest BCUT2D eigenvalue weighted by Crippen LogP contribution is 2.25. The van der Waals surface area contributed by atoms with Crippen LogP contribution < -0.4 is 0 Å². The van der Waals surface area contributed by atoms with Crippen LogP contribution in [0.3, 0.4) is 0 Å². The van der Waals surface area contributed by atoms with Crippen LogP contribution in [0.4, 0.5) is 0 Å². The Bertz CT molecular complexity index is 607. The van der Waals surface area contributed by atoms with E-state index in [0.29, 0.717) is 18.4 Å². The highest BCUT2D eigenvalue weighted by Gasteiger charge is 2.30. The first-order valence-corrected chi connectivity index (χ1v) is 9.83. The Balaban J connectivity index is 1.29. The normalized spacial score (nSPS) is 25.8. The molecule has 4 rings (SSSR count). The van der Waals surface area contributed by atoms with E-state index in [1.165, 1.54) is 18.5 Å². The van der Waals surface area contributed by atoms with E-state index in [2.05, 4.69) is 26.3 Å². The van der Waals surface area contributed by atoms with Crippen molar-refractivity contribution in [3.05, 3.63) is 17.7 Å². The van der Waals surface area contributed by atoms with Gasteiger partial charge in [-0.2, -0.15) is 0 Å². The quantitative estimate of drug-likeness (QED) is 0.839. The van der Waals surface area contributed by atoms with E-state index in [0.717, 1.165) is 64.5 Å². The van der Waals surface area contributed by atoms with E-state index in [1.54, 1.807) is 0 Å². The van der Waals surface area contributed by atoms with Crippen LogP contribution in [0.1, 0.15) is 44.1 Å². The summed E-state index contributed by atoms with van der Waals surface area (Å²) in [6, 6.07) is 0. The first-order chi connectivity index (χ1) is 12.2. The summed E-state index contributed by atoms with van der Waals surface area (Å²) < 4.78 is 7.77. The zero-order chi connectivity index (χ0) is 17.2. The molecule has 3 aliphatic heterocycles. The molecule has 25 heavy (non-hydrogen) atoms. The lowest BCUT2D eigenvalue weighted by Gasteiger charge is -2.37. The van der Waals surface area contributed by atoms with Crippen molar-refractivity contribution in [2.75, 3.05) is 32.8 Å². The summed E-state index contributed by atoms with van der Waals surface area (Å²) in [5, 5.41) is 0. The molecule has 0 spiro atoms. The largest absolute Gasteiger partial charge is 0.372 e. The highest BCUT2D eigenvalue weighted by molar-refractivity contribution is 5.79. The van der Waals surface area contributed by atoms with Gasteiger partial charge in [0.25, 0.3) is 0 Å². The summed E-state index contributed by atoms with van der Waals surface area (Å²) in [6.07, 6.45) is 6.42. The van der Waals surface area contributed by atoms with Gasteiger partial charge in [0.05, 0.1) is 12.3 Å². The number of fused-ring (bicyclic) bond motifs is 1. The highest BCUT2D eigenvalue weighted by atomic mass is 16.5. The second kappa shape index (κ2) is 7.46. The Morgan fingerprint density at radius 2 is 2.08 bits per heavy atom. The lowest BCUT2D eigenvalue weighted by Crippen LogP contribution is -2.45. The van der Waals surface area contributed by atoms with Gasteiger partial charge in [-0.1, -0.05) is 6.92 Å². The number of piperidine rings is 2. The van der Waals surface area contributed by atoms with Gasteiger partial charge in [0.2, 0.25) is 5.91 Å². The first kappa shape index (κ1) is 17.0. The van der Waals surface area contributed by atoms with Crippen molar-refractivity contribution in [1.29, 1.82) is 0 Å². The Morgan fingerprint density at radius 3 is 2.88 bits per heavy atom. The second-order valence-corrected chi connectivity index (χ2v) is 7.95. The summed E-state index contributed by atoms with van der Waals surface area (Å²) in [4.78, 5) is 21.9. The topological polar surface area (TPSA) is 50.6 Å². The van der Waals surface area contributed by atoms with E-state index < -0.39 is 0 Å². The Hall–Kier alpha value is -1.40. The van der Waals surface area contributed by atoms with Crippen LogP contribution in [0, 0.1) is 11.8 Å². The van der Waals surface area contributed by atoms with Crippen molar-refractivity contribution in [1.82, 2.24) is 19.4 Å². The number of aromatic nitrogens is 2. The van der Waals surface area contributed by atoms with Gasteiger partial charge in [-0.3, -0.25) is 9.69 Å². The van der Waals surface area contributed by atoms with Crippen molar-refractivity contribution in [3.63, 3.8) is 0 Å². The van der Waals surface area contributed by atoms with E-state index in [9.17, 15) is 4.79 Å². The molecule has 1 aromatic heterocycles. The fourth-order valence-electron chi connectivity index (χ4n) is 4.50. The molecular formula is C19H30N4O2. The zero-order valence-electron chi connectivity index (χ0n) is 15.3. The number of rotatable bonds is 3. The van der Waals surface area contributed by atoms with Crippen molar-refractivity contribution >= 4 is 5.91 Å². The number of carbonyl (C=O) groups excluding carboxylic acids is 1. The number of hydrogen-bond acceptors (Lipinski definition) is 4. The molecule has 6 heteroatoms. The molecule has 1 unspecified atom stereocenters. The molecule has 0 saturated carbocycles. The van der Waals surface area contributed by atoms with Gasteiger partial charge in [0.15, 0.2) is 0 Å². The van der Waals surface area contributed by atoms with Crippen LogP contribution in [0.5, 0.6) is 0 Å². The minimum Gasteiger partial charge on any atom is -0.372 e. The maximum atomic E-state index is 12.8. The van der Waals surface area contributed by atoms with Gasteiger partial charge in [-0.05, 0) is 44.7 Å². The molecule has 138 valence electrons. The number of imidazole rings is 1. The van der Waals surface area contributed by atoms with Crippen molar-refractivity contribution < 1.29 is 9.53 Å². The molecule has 0 aliphatic carbocycles. The lowest BCUT2D eigenvalue weighted by molar-refractivity contribution is -0.138. The number of nitrogens with zero attached hydrogens (tertiary/aromatic N) is 4. The number of likely N-dealkylation sites (tertiary alicyclic amines) is 2. The standard InChI is InChI=1S/C19H30N4O2/c1-15-3-2-6-22(12-15)19(24)16-4-7-21(8-5-16)13-17-11-20-18-14-25-10-9-23(17)18/h11,15-16H,2-10,12-14H2,1H3. The molecule has 0 radical (unpaired) electrons. The van der Waals surface area contributed by atoms with Crippen LogP contribution in [0.25, 0.3) is 0 Å². The van der Waals surface area contributed by atoms with Gasteiger partial charge >= 0.3 is 0 Å². The van der Waals surface area contributed by atoms with Gasteiger partial charge in [-0.25, -0.2) is 4.98 Å². The number of hydrogen-bond donors (Lipinski definition) is 0. The molecular weight excluding hydrogens is 316 g/mol. The first-order valence-electron chi connectivity index (χ1n) is 9.83. The van der Waals surface area contributed by atoms with Crippen LogP contribution in [0.2, 0.25) is 0 Å². The number of amides is 1. The smallest absolute Gasteiger partial charge is 0.225 e. The predicted molar refractivity (Wildman–Crippen MR) is 94.9 cm³/mol. The van der Waals surface area contributed by atoms with Crippen LogP contribution >= 0.6 is 0 Å². The van der Waals surface area contributed by atoms with Crippen molar-refractivity contribution in [2.45, 2.75) is 52.3 Å². The average molecular weight is 346 g/mol. The maximum Gasteiger partial charge on any atom is 0.225 e. The Kier molecular flexibility index (Phi) is 5.08. The molecule has 6 nitrogen and oxygen atoms in total. The lowest BCUT2D eigenvalue weighted by atomic mass is 9.92. The fourth-order valence-corrected chi connectivity index (χ4v) is 4.50. The molecule has 1 amide bonds. The third-order valence-corrected chi connectivity index (χ3v) is 6.00. The predicted octanol–water partition coefficient (Wildman–Crippen LogP) is 1.88. The third-order valence-electron chi connectivity index (χ3n) is 6.00. The molecule has 4 heterocycles. The van der Waals surface area contributed by atoms with Crippen LogP contribution in [-0.4, -0.2) is 58.0 Å². The summed E-state index contributed by atoms with van der Waals surface area (Å²) in [7, 11) is 0. The monoisotopic (exact) mass is 346 g/mol. The third kappa shape index (κ3) is 3.75. The SMILES string of the molecule is CC1CCCN(C(=O)C2CCN(Cc3cnc4n3CCOC4)CC2)C1. The molecule has 0 aromatic carbocycles. The molecule has 2 saturated heterocycles. The second-order valence-electron chi connectivity index (χ2n) is 7.95. The van der Waals surface area contributed by atoms with Crippen molar-refractivity contribution in [2.24, 2.45) is 11.8 Å². The maximum absolute atomic E-state index is 12.8. The minimum atomic E-state index is 0.231. The van der Waals surface area contributed by atoms with E-state index >= 15 is 0 Å². The number of ether oxygens (including phenoxy) is 1. The molecule has 2 fully saturated rings. The fraction of sp³-hybridized carbons (Fsp3) is 0.789. The average Bonchev–Trinajstić information content (AvgIpc) is 3.05. The van der Waals surface area contributed by atoms with E-state index in [-0.39, 0.29) is 5.92 Å². The Labute approximate surface area is 150 Å². The summed E-state index contributed by atoms with van der Waals surface area (Å²) >= 11 is 0. The van der Waals surface area contributed by atoms with Crippen LogP contribution in [-0.2, 0) is 29.2 Å². The Morgan fingerprint density at radius 1 is 1.24 bits per heavy atom. The van der Waals surface area contributed by atoms with Gasteiger partial charge in [-0.15, -0.1) is 0 Å². The van der Waals surface area contributed by atoms with Crippen molar-refractivity contribution in [3.8, 4) is 0 Å². The van der Waals surface area contributed by atoms with Gasteiger partial charge < -0.3 is 14.2 Å². The van der Waals surface area contributed by atoms with E-state index in [4.69, 9.17) is 4.74 Å². The summed E-state index contributed by atoms with van der Waals surface area (Å²) in [6.45, 7) is 9.47. The minimum absolute atomic E-state index is 0.231. The number of carbonyl (C=O) groups is 1. The summed E-state index contributed by atoms with van der Waals surface area (Å²) in [5.74, 6) is 2.35. The molecule has 0 N–H and O–H groups in total. The van der Waals surface area contributed by atoms with Gasteiger partial charge in [0.1, 0.15) is 12.4 Å². The summed E-state index contributed by atoms with van der Waals surface area (Å²) in [5.41, 5.74) is 1.29.